The quantitative estimate of drug-likeness (QED) is 0.730. The van der Waals surface area contributed by atoms with Gasteiger partial charge in [-0.1, -0.05) is 26.7 Å². The molecule has 0 aliphatic rings. The molecule has 0 bridgehead atoms. The maximum absolute atomic E-state index is 3.65. The lowest BCUT2D eigenvalue weighted by molar-refractivity contribution is 0.481. The second-order valence-corrected chi connectivity index (χ2v) is 5.20. The van der Waals surface area contributed by atoms with Gasteiger partial charge in [0.05, 0.1) is 0 Å². The van der Waals surface area contributed by atoms with Crippen LogP contribution in [0.25, 0.3) is 0 Å². The van der Waals surface area contributed by atoms with E-state index in [1.165, 1.54) is 36.1 Å². The first kappa shape index (κ1) is 12.7. The minimum absolute atomic E-state index is 0.580. The molecule has 1 aromatic heterocycles. The van der Waals surface area contributed by atoms with Gasteiger partial charge >= 0.3 is 0 Å². The van der Waals surface area contributed by atoms with Crippen LogP contribution in [0.4, 0.5) is 0 Å². The lowest BCUT2D eigenvalue weighted by atomic mass is 10.0. The van der Waals surface area contributed by atoms with Crippen LogP contribution in [-0.2, 0) is 0 Å². The Hall–Kier alpha value is -0.340. The molecule has 0 spiro atoms. The van der Waals surface area contributed by atoms with E-state index in [0.717, 1.165) is 6.54 Å². The molecular weight excluding hydrogens is 202 g/mol. The van der Waals surface area contributed by atoms with Crippen molar-refractivity contribution in [3.63, 3.8) is 0 Å². The van der Waals surface area contributed by atoms with Gasteiger partial charge in [-0.15, -0.1) is 11.3 Å². The van der Waals surface area contributed by atoms with Gasteiger partial charge in [-0.05, 0) is 43.3 Å². The summed E-state index contributed by atoms with van der Waals surface area (Å²) in [5.74, 6) is 0. The molecule has 1 rings (SSSR count). The highest BCUT2D eigenvalue weighted by molar-refractivity contribution is 7.10. The van der Waals surface area contributed by atoms with E-state index in [1.54, 1.807) is 0 Å². The van der Waals surface area contributed by atoms with Crippen LogP contribution in [0.15, 0.2) is 11.4 Å². The van der Waals surface area contributed by atoms with Crippen molar-refractivity contribution < 1.29 is 0 Å². The molecule has 1 unspecified atom stereocenters. The third kappa shape index (κ3) is 3.96. The first-order valence-corrected chi connectivity index (χ1v) is 6.94. The van der Waals surface area contributed by atoms with Gasteiger partial charge in [0.1, 0.15) is 0 Å². The second kappa shape index (κ2) is 7.02. The molecule has 0 saturated heterocycles. The molecule has 1 N–H and O–H groups in total. The summed E-state index contributed by atoms with van der Waals surface area (Å²) in [5.41, 5.74) is 1.52. The van der Waals surface area contributed by atoms with Crippen LogP contribution >= 0.6 is 11.3 Å². The molecule has 15 heavy (non-hydrogen) atoms. The van der Waals surface area contributed by atoms with Crippen LogP contribution in [0.2, 0.25) is 0 Å². The predicted molar refractivity (Wildman–Crippen MR) is 69.6 cm³/mol. The van der Waals surface area contributed by atoms with Crippen molar-refractivity contribution in [2.75, 3.05) is 6.54 Å². The molecule has 1 atom stereocenters. The number of rotatable bonds is 7. The largest absolute Gasteiger partial charge is 0.310 e. The van der Waals surface area contributed by atoms with Crippen molar-refractivity contribution in [3.05, 3.63) is 21.9 Å². The number of hydrogen-bond donors (Lipinski definition) is 1. The Morgan fingerprint density at radius 2 is 2.13 bits per heavy atom. The standard InChI is InChI=1S/C13H23NS/c1-4-6-7-13(14-9-5-2)12-8-10-15-11(12)3/h8,10,13-14H,4-7,9H2,1-3H3. The molecule has 0 saturated carbocycles. The van der Waals surface area contributed by atoms with Gasteiger partial charge in [0, 0.05) is 10.9 Å². The summed E-state index contributed by atoms with van der Waals surface area (Å²) in [5, 5.41) is 5.86. The van der Waals surface area contributed by atoms with E-state index in [9.17, 15) is 0 Å². The SMILES string of the molecule is CCCCC(NCCC)c1ccsc1C. The van der Waals surface area contributed by atoms with E-state index in [2.05, 4.69) is 37.5 Å². The van der Waals surface area contributed by atoms with Crippen molar-refractivity contribution in [1.29, 1.82) is 0 Å². The zero-order chi connectivity index (χ0) is 11.1. The summed E-state index contributed by atoms with van der Waals surface area (Å²) in [7, 11) is 0. The van der Waals surface area contributed by atoms with Crippen molar-refractivity contribution in [3.8, 4) is 0 Å². The normalized spacial score (nSPS) is 13.0. The lowest BCUT2D eigenvalue weighted by Gasteiger charge is -2.18. The minimum Gasteiger partial charge on any atom is -0.310 e. The smallest absolute Gasteiger partial charge is 0.0331 e. The topological polar surface area (TPSA) is 12.0 Å². The fourth-order valence-corrected chi connectivity index (χ4v) is 2.62. The van der Waals surface area contributed by atoms with Gasteiger partial charge in [-0.25, -0.2) is 0 Å². The van der Waals surface area contributed by atoms with Crippen LogP contribution in [0.3, 0.4) is 0 Å². The third-order valence-electron chi connectivity index (χ3n) is 2.76. The first-order chi connectivity index (χ1) is 7.29. The Balaban J connectivity index is 2.58. The Labute approximate surface area is 97.9 Å². The zero-order valence-electron chi connectivity index (χ0n) is 10.2. The molecule has 0 radical (unpaired) electrons. The molecule has 0 fully saturated rings. The van der Waals surface area contributed by atoms with Crippen LogP contribution in [0.1, 0.15) is 56.0 Å². The molecule has 1 nitrogen and oxygen atoms in total. The maximum atomic E-state index is 3.65. The minimum atomic E-state index is 0.580. The van der Waals surface area contributed by atoms with Crippen molar-refractivity contribution in [2.45, 2.75) is 52.5 Å². The van der Waals surface area contributed by atoms with Gasteiger partial charge < -0.3 is 5.32 Å². The molecule has 0 aliphatic carbocycles. The Kier molecular flexibility index (Phi) is 5.96. The summed E-state index contributed by atoms with van der Waals surface area (Å²) in [6.07, 6.45) is 5.09. The molecule has 1 heterocycles. The highest BCUT2D eigenvalue weighted by Gasteiger charge is 2.12. The third-order valence-corrected chi connectivity index (χ3v) is 3.62. The van der Waals surface area contributed by atoms with Gasteiger partial charge in [0.2, 0.25) is 0 Å². The zero-order valence-corrected chi connectivity index (χ0v) is 11.0. The van der Waals surface area contributed by atoms with Crippen LogP contribution < -0.4 is 5.32 Å². The van der Waals surface area contributed by atoms with Gasteiger partial charge in [0.15, 0.2) is 0 Å². The molecular formula is C13H23NS. The Bertz CT molecular complexity index is 259. The monoisotopic (exact) mass is 225 g/mol. The molecule has 0 aliphatic heterocycles. The highest BCUT2D eigenvalue weighted by atomic mass is 32.1. The first-order valence-electron chi connectivity index (χ1n) is 6.07. The summed E-state index contributed by atoms with van der Waals surface area (Å²) >= 11 is 1.86. The highest BCUT2D eigenvalue weighted by Crippen LogP contribution is 2.26. The van der Waals surface area contributed by atoms with Crippen LogP contribution in [0, 0.1) is 6.92 Å². The average molecular weight is 225 g/mol. The molecule has 86 valence electrons. The predicted octanol–water partition coefficient (Wildman–Crippen LogP) is 4.29. The Morgan fingerprint density at radius 1 is 1.33 bits per heavy atom. The van der Waals surface area contributed by atoms with Gasteiger partial charge in [0.25, 0.3) is 0 Å². The number of thiophene rings is 1. The van der Waals surface area contributed by atoms with E-state index in [-0.39, 0.29) is 0 Å². The van der Waals surface area contributed by atoms with E-state index < -0.39 is 0 Å². The Morgan fingerprint density at radius 3 is 2.67 bits per heavy atom. The summed E-state index contributed by atoms with van der Waals surface area (Å²) in [6, 6.07) is 2.86. The lowest BCUT2D eigenvalue weighted by Crippen LogP contribution is -2.22. The van der Waals surface area contributed by atoms with Gasteiger partial charge in [-0.3, -0.25) is 0 Å². The number of nitrogens with one attached hydrogen (secondary N) is 1. The summed E-state index contributed by atoms with van der Waals surface area (Å²) in [4.78, 5) is 1.47. The number of aryl methyl sites for hydroxylation is 1. The summed E-state index contributed by atoms with van der Waals surface area (Å²) in [6.45, 7) is 7.85. The maximum Gasteiger partial charge on any atom is 0.0331 e. The summed E-state index contributed by atoms with van der Waals surface area (Å²) < 4.78 is 0. The number of hydrogen-bond acceptors (Lipinski definition) is 2. The van der Waals surface area contributed by atoms with Gasteiger partial charge in [-0.2, -0.15) is 0 Å². The average Bonchev–Trinajstić information content (AvgIpc) is 2.65. The van der Waals surface area contributed by atoms with E-state index in [0.29, 0.717) is 6.04 Å². The van der Waals surface area contributed by atoms with E-state index in [4.69, 9.17) is 0 Å². The van der Waals surface area contributed by atoms with Crippen LogP contribution in [-0.4, -0.2) is 6.54 Å². The van der Waals surface area contributed by atoms with E-state index in [1.807, 2.05) is 11.3 Å². The molecule has 2 heteroatoms. The number of unbranched alkanes of at least 4 members (excludes halogenated alkanes) is 1. The van der Waals surface area contributed by atoms with Crippen molar-refractivity contribution in [1.82, 2.24) is 5.32 Å². The second-order valence-electron chi connectivity index (χ2n) is 4.08. The van der Waals surface area contributed by atoms with Crippen LogP contribution in [0.5, 0.6) is 0 Å². The molecule has 0 aromatic carbocycles. The fraction of sp³-hybridized carbons (Fsp3) is 0.692. The van der Waals surface area contributed by atoms with E-state index >= 15 is 0 Å². The molecule has 0 amide bonds. The molecule has 1 aromatic rings. The fourth-order valence-electron chi connectivity index (χ4n) is 1.85. The van der Waals surface area contributed by atoms with Crippen molar-refractivity contribution >= 4 is 11.3 Å². The van der Waals surface area contributed by atoms with Crippen molar-refractivity contribution in [2.24, 2.45) is 0 Å².